The fourth-order valence-corrected chi connectivity index (χ4v) is 3.93. The van der Waals surface area contributed by atoms with Crippen LogP contribution in [0.4, 0.5) is 5.69 Å². The predicted molar refractivity (Wildman–Crippen MR) is 127 cm³/mol. The summed E-state index contributed by atoms with van der Waals surface area (Å²) in [6.07, 6.45) is 2.66. The number of furan rings is 1. The van der Waals surface area contributed by atoms with Crippen LogP contribution in [0.15, 0.2) is 75.0 Å². The van der Waals surface area contributed by atoms with Crippen molar-refractivity contribution < 1.29 is 18.7 Å². The van der Waals surface area contributed by atoms with Crippen molar-refractivity contribution in [2.45, 2.75) is 20.3 Å². The number of rotatable bonds is 6. The smallest absolute Gasteiger partial charge is 0.338 e. The molecule has 1 aliphatic heterocycles. The van der Waals surface area contributed by atoms with Crippen LogP contribution in [-0.2, 0) is 16.0 Å². The van der Waals surface area contributed by atoms with Crippen LogP contribution in [0.25, 0.3) is 17.4 Å². The van der Waals surface area contributed by atoms with E-state index in [0.717, 1.165) is 17.7 Å². The Morgan fingerprint density at radius 3 is 2.50 bits per heavy atom. The molecule has 0 saturated carbocycles. The van der Waals surface area contributed by atoms with Crippen LogP contribution < -0.4 is 5.32 Å². The van der Waals surface area contributed by atoms with E-state index in [2.05, 4.69) is 17.2 Å². The molecular weight excluding hydrogens is 424 g/mol. The van der Waals surface area contributed by atoms with Gasteiger partial charge in [0.2, 0.25) is 0 Å². The number of benzene rings is 2. The molecule has 1 amide bonds. The Hall–Kier alpha value is -3.58. The Morgan fingerprint density at radius 2 is 1.81 bits per heavy atom. The molecule has 1 fully saturated rings. The molecule has 3 aromatic rings. The van der Waals surface area contributed by atoms with E-state index in [0.29, 0.717) is 33.8 Å². The van der Waals surface area contributed by atoms with Crippen molar-refractivity contribution in [3.05, 3.63) is 82.5 Å². The lowest BCUT2D eigenvalue weighted by Crippen LogP contribution is -2.19. The van der Waals surface area contributed by atoms with Crippen molar-refractivity contribution in [1.82, 2.24) is 5.32 Å². The number of thioether (sulfide) groups is 1. The second kappa shape index (κ2) is 9.70. The molecule has 1 aliphatic rings. The summed E-state index contributed by atoms with van der Waals surface area (Å²) in [6.45, 7) is 4.20. The van der Waals surface area contributed by atoms with Crippen molar-refractivity contribution in [1.29, 1.82) is 0 Å². The summed E-state index contributed by atoms with van der Waals surface area (Å²) in [5.74, 6) is 0.629. The number of carbonyl (C=O) groups excluding carboxylic acids is 2. The number of hydrogen-bond acceptors (Lipinski definition) is 6. The standard InChI is InChI=1S/C25H22N2O4S/c1-3-16-5-11-19(12-6-16)26-25-27-23(28)22(32-25)15-20-13-14-21(31-20)17-7-9-18(10-8-17)24(29)30-4-2/h5-15H,3-4H2,1-2H3,(H,26,27,28)/b22-15-. The lowest BCUT2D eigenvalue weighted by Gasteiger charge is -2.02. The van der Waals surface area contributed by atoms with Crippen molar-refractivity contribution >= 4 is 40.6 Å². The van der Waals surface area contributed by atoms with Gasteiger partial charge in [-0.25, -0.2) is 9.79 Å². The number of nitrogens with one attached hydrogen (secondary N) is 1. The van der Waals surface area contributed by atoms with Crippen molar-refractivity contribution in [3.8, 4) is 11.3 Å². The number of hydrogen-bond donors (Lipinski definition) is 1. The highest BCUT2D eigenvalue weighted by Crippen LogP contribution is 2.30. The number of aryl methyl sites for hydroxylation is 1. The van der Waals surface area contributed by atoms with E-state index in [9.17, 15) is 9.59 Å². The first-order valence-corrected chi connectivity index (χ1v) is 11.1. The van der Waals surface area contributed by atoms with E-state index in [4.69, 9.17) is 9.15 Å². The minimum absolute atomic E-state index is 0.212. The van der Waals surface area contributed by atoms with Gasteiger partial charge in [0.25, 0.3) is 5.91 Å². The summed E-state index contributed by atoms with van der Waals surface area (Å²) in [6, 6.07) is 18.6. The minimum Gasteiger partial charge on any atom is -0.462 e. The van der Waals surface area contributed by atoms with Gasteiger partial charge in [0.05, 0.1) is 22.8 Å². The highest BCUT2D eigenvalue weighted by Gasteiger charge is 2.24. The Balaban J connectivity index is 1.47. The molecular formula is C25H22N2O4S. The minimum atomic E-state index is -0.355. The average molecular weight is 447 g/mol. The highest BCUT2D eigenvalue weighted by atomic mass is 32.2. The summed E-state index contributed by atoms with van der Waals surface area (Å²) in [4.78, 5) is 29.1. The third-order valence-corrected chi connectivity index (χ3v) is 5.72. The van der Waals surface area contributed by atoms with E-state index in [1.807, 2.05) is 30.3 Å². The number of aliphatic imine (C=N–C) groups is 1. The Labute approximate surface area is 190 Å². The number of nitrogens with zero attached hydrogens (tertiary/aromatic N) is 1. The van der Waals surface area contributed by atoms with E-state index in [-0.39, 0.29) is 11.9 Å². The molecule has 2 heterocycles. The molecule has 162 valence electrons. The molecule has 0 unspecified atom stereocenters. The van der Waals surface area contributed by atoms with Crippen molar-refractivity contribution in [3.63, 3.8) is 0 Å². The molecule has 32 heavy (non-hydrogen) atoms. The summed E-state index contributed by atoms with van der Waals surface area (Å²) >= 11 is 1.27. The molecule has 2 aromatic carbocycles. The van der Waals surface area contributed by atoms with Crippen LogP contribution in [-0.4, -0.2) is 23.7 Å². The largest absolute Gasteiger partial charge is 0.462 e. The quantitative estimate of drug-likeness (QED) is 0.395. The number of amides is 1. The van der Waals surface area contributed by atoms with Gasteiger partial charge in [0.1, 0.15) is 11.5 Å². The van der Waals surface area contributed by atoms with Crippen LogP contribution >= 0.6 is 11.8 Å². The zero-order valence-corrected chi connectivity index (χ0v) is 18.6. The van der Waals surface area contributed by atoms with Crippen LogP contribution in [0.5, 0.6) is 0 Å². The zero-order chi connectivity index (χ0) is 22.5. The van der Waals surface area contributed by atoms with Crippen LogP contribution in [0.3, 0.4) is 0 Å². The van der Waals surface area contributed by atoms with Gasteiger partial charge in [0.15, 0.2) is 5.17 Å². The first-order chi connectivity index (χ1) is 15.6. The van der Waals surface area contributed by atoms with Crippen LogP contribution in [0.2, 0.25) is 0 Å². The third-order valence-electron chi connectivity index (χ3n) is 4.81. The van der Waals surface area contributed by atoms with E-state index in [1.165, 1.54) is 17.3 Å². The number of ether oxygens (including phenoxy) is 1. The maximum absolute atomic E-state index is 12.3. The molecule has 1 N–H and O–H groups in total. The number of amidine groups is 1. The van der Waals surface area contributed by atoms with E-state index in [1.54, 1.807) is 43.3 Å². The first-order valence-electron chi connectivity index (χ1n) is 10.3. The Kier molecular flexibility index (Phi) is 6.56. The molecule has 6 nitrogen and oxygen atoms in total. The number of esters is 1. The third kappa shape index (κ3) is 5.00. The molecule has 0 radical (unpaired) electrons. The average Bonchev–Trinajstić information content (AvgIpc) is 3.41. The van der Waals surface area contributed by atoms with Gasteiger partial charge in [-0.1, -0.05) is 31.2 Å². The van der Waals surface area contributed by atoms with Gasteiger partial charge in [-0.3, -0.25) is 4.79 Å². The Morgan fingerprint density at radius 1 is 1.06 bits per heavy atom. The summed E-state index contributed by atoms with van der Waals surface area (Å²) < 4.78 is 10.9. The van der Waals surface area contributed by atoms with E-state index < -0.39 is 0 Å². The van der Waals surface area contributed by atoms with Gasteiger partial charge in [-0.2, -0.15) is 0 Å². The molecule has 1 saturated heterocycles. The molecule has 0 atom stereocenters. The fraction of sp³-hybridized carbons (Fsp3) is 0.160. The summed E-state index contributed by atoms with van der Waals surface area (Å²) in [5, 5.41) is 3.32. The monoisotopic (exact) mass is 446 g/mol. The molecule has 0 aliphatic carbocycles. The molecule has 0 bridgehead atoms. The first kappa shape index (κ1) is 21.6. The van der Waals surface area contributed by atoms with Crippen molar-refractivity contribution in [2.75, 3.05) is 6.61 Å². The van der Waals surface area contributed by atoms with Crippen molar-refractivity contribution in [2.24, 2.45) is 4.99 Å². The maximum Gasteiger partial charge on any atom is 0.338 e. The van der Waals surface area contributed by atoms with Gasteiger partial charge < -0.3 is 14.5 Å². The van der Waals surface area contributed by atoms with E-state index >= 15 is 0 Å². The second-order valence-corrected chi connectivity index (χ2v) is 8.03. The SMILES string of the molecule is CCOC(=O)c1ccc(-c2ccc(/C=C3\SC(=Nc4ccc(CC)cc4)NC3=O)o2)cc1. The maximum atomic E-state index is 12.3. The van der Waals surface area contributed by atoms with Gasteiger partial charge in [-0.05, 0) is 67.1 Å². The lowest BCUT2D eigenvalue weighted by atomic mass is 10.1. The second-order valence-electron chi connectivity index (χ2n) is 7.00. The highest BCUT2D eigenvalue weighted by molar-refractivity contribution is 8.18. The van der Waals surface area contributed by atoms with Crippen LogP contribution in [0.1, 0.15) is 35.5 Å². The summed E-state index contributed by atoms with van der Waals surface area (Å²) in [7, 11) is 0. The van der Waals surface area contributed by atoms with Gasteiger partial charge in [0, 0.05) is 11.6 Å². The zero-order valence-electron chi connectivity index (χ0n) is 17.8. The van der Waals surface area contributed by atoms with Gasteiger partial charge in [-0.15, -0.1) is 0 Å². The fourth-order valence-electron chi connectivity index (χ4n) is 3.10. The lowest BCUT2D eigenvalue weighted by molar-refractivity contribution is -0.115. The normalized spacial score (nSPS) is 15.9. The van der Waals surface area contributed by atoms with Gasteiger partial charge >= 0.3 is 5.97 Å². The summed E-state index contributed by atoms with van der Waals surface area (Å²) in [5.41, 5.74) is 3.34. The van der Waals surface area contributed by atoms with Crippen LogP contribution in [0, 0.1) is 0 Å². The molecule has 7 heteroatoms. The topological polar surface area (TPSA) is 80.9 Å². The molecule has 0 spiro atoms. The predicted octanol–water partition coefficient (Wildman–Crippen LogP) is 5.58. The molecule has 4 rings (SSSR count). The number of carbonyl (C=O) groups is 2. The Bertz CT molecular complexity index is 1190. The molecule has 1 aromatic heterocycles.